The monoisotopic (exact) mass is 232 g/mol. The zero-order valence-corrected chi connectivity index (χ0v) is 9.75. The molecular formula is C12H12N2OS. The normalized spacial score (nSPS) is 10.3. The van der Waals surface area contributed by atoms with Gasteiger partial charge in [0, 0.05) is 17.5 Å². The number of nitrogens with two attached hydrogens (primary N) is 1. The van der Waals surface area contributed by atoms with Crippen LogP contribution in [0.5, 0.6) is 0 Å². The first kappa shape index (κ1) is 10.8. The van der Waals surface area contributed by atoms with E-state index in [0.29, 0.717) is 17.8 Å². The molecule has 0 fully saturated rings. The van der Waals surface area contributed by atoms with Crippen molar-refractivity contribution < 1.29 is 4.79 Å². The van der Waals surface area contributed by atoms with Gasteiger partial charge in [0.25, 0.3) is 0 Å². The molecule has 4 heteroatoms. The van der Waals surface area contributed by atoms with Crippen LogP contribution >= 0.6 is 11.3 Å². The molecule has 0 aliphatic rings. The second-order valence-electron chi connectivity index (χ2n) is 3.57. The summed E-state index contributed by atoms with van der Waals surface area (Å²) in [5.41, 5.74) is 7.16. The third-order valence-corrected chi connectivity index (χ3v) is 3.26. The number of hydrogen-bond acceptors (Lipinski definition) is 4. The zero-order valence-electron chi connectivity index (χ0n) is 8.93. The molecule has 0 saturated carbocycles. The zero-order chi connectivity index (χ0) is 11.5. The van der Waals surface area contributed by atoms with Gasteiger partial charge in [-0.25, -0.2) is 4.98 Å². The van der Waals surface area contributed by atoms with E-state index in [1.54, 1.807) is 23.6 Å². The van der Waals surface area contributed by atoms with Crippen molar-refractivity contribution in [2.24, 2.45) is 0 Å². The van der Waals surface area contributed by atoms with Gasteiger partial charge in [-0.3, -0.25) is 4.79 Å². The van der Waals surface area contributed by atoms with E-state index in [0.717, 1.165) is 10.4 Å². The Balaban J connectivity index is 2.28. The van der Waals surface area contributed by atoms with Gasteiger partial charge in [-0.1, -0.05) is 6.07 Å². The van der Waals surface area contributed by atoms with Crippen molar-refractivity contribution in [1.29, 1.82) is 0 Å². The van der Waals surface area contributed by atoms with Crippen molar-refractivity contribution in [3.63, 3.8) is 0 Å². The SMILES string of the molecule is Cc1ccnc(N)c1C(=O)Cc1cccs1. The molecule has 0 unspecified atom stereocenters. The number of pyridine rings is 1. The minimum absolute atomic E-state index is 0.0329. The van der Waals surface area contributed by atoms with Crippen molar-refractivity contribution in [3.8, 4) is 0 Å². The van der Waals surface area contributed by atoms with Crippen molar-refractivity contribution in [3.05, 3.63) is 45.8 Å². The fourth-order valence-corrected chi connectivity index (χ4v) is 2.31. The van der Waals surface area contributed by atoms with Gasteiger partial charge in [-0.05, 0) is 30.0 Å². The number of ketones is 1. The van der Waals surface area contributed by atoms with Gasteiger partial charge in [0.05, 0.1) is 5.56 Å². The van der Waals surface area contributed by atoms with E-state index >= 15 is 0 Å². The highest BCUT2D eigenvalue weighted by molar-refractivity contribution is 7.10. The predicted molar refractivity (Wildman–Crippen MR) is 65.7 cm³/mol. The van der Waals surface area contributed by atoms with Crippen LogP contribution in [0.3, 0.4) is 0 Å². The third kappa shape index (κ3) is 2.12. The van der Waals surface area contributed by atoms with E-state index < -0.39 is 0 Å². The van der Waals surface area contributed by atoms with Gasteiger partial charge in [0.15, 0.2) is 5.78 Å². The Labute approximate surface area is 97.9 Å². The minimum atomic E-state index is 0.0329. The molecule has 3 nitrogen and oxygen atoms in total. The number of hydrogen-bond donors (Lipinski definition) is 1. The molecular weight excluding hydrogens is 220 g/mol. The Kier molecular flexibility index (Phi) is 3.01. The lowest BCUT2D eigenvalue weighted by atomic mass is 10.0. The number of carbonyl (C=O) groups is 1. The van der Waals surface area contributed by atoms with E-state index in [-0.39, 0.29) is 5.78 Å². The number of anilines is 1. The largest absolute Gasteiger partial charge is 0.383 e. The van der Waals surface area contributed by atoms with Crippen molar-refractivity contribution >= 4 is 22.9 Å². The Morgan fingerprint density at radius 1 is 1.50 bits per heavy atom. The molecule has 2 aromatic heterocycles. The van der Waals surface area contributed by atoms with Crippen LogP contribution in [-0.4, -0.2) is 10.8 Å². The predicted octanol–water partition coefficient (Wildman–Crippen LogP) is 2.46. The molecule has 0 amide bonds. The fourth-order valence-electron chi connectivity index (χ4n) is 1.60. The van der Waals surface area contributed by atoms with Crippen LogP contribution in [0.1, 0.15) is 20.8 Å². The number of thiophene rings is 1. The molecule has 0 bridgehead atoms. The Bertz CT molecular complexity index is 485. The van der Waals surface area contributed by atoms with Crippen molar-refractivity contribution in [2.75, 3.05) is 5.73 Å². The van der Waals surface area contributed by atoms with Gasteiger partial charge in [-0.2, -0.15) is 0 Å². The number of aromatic nitrogens is 1. The van der Waals surface area contributed by atoms with Gasteiger partial charge in [0.2, 0.25) is 0 Å². The van der Waals surface area contributed by atoms with E-state index in [1.165, 1.54) is 0 Å². The highest BCUT2D eigenvalue weighted by atomic mass is 32.1. The van der Waals surface area contributed by atoms with Crippen LogP contribution in [0.4, 0.5) is 5.82 Å². The maximum atomic E-state index is 12.0. The summed E-state index contributed by atoms with van der Waals surface area (Å²) in [6, 6.07) is 5.69. The first-order valence-electron chi connectivity index (χ1n) is 4.95. The summed E-state index contributed by atoms with van der Waals surface area (Å²) in [7, 11) is 0. The molecule has 2 N–H and O–H groups in total. The molecule has 0 spiro atoms. The molecule has 2 rings (SSSR count). The summed E-state index contributed by atoms with van der Waals surface area (Å²) < 4.78 is 0. The summed E-state index contributed by atoms with van der Waals surface area (Å²) in [6.07, 6.45) is 2.01. The number of nitrogen functional groups attached to an aromatic ring is 1. The van der Waals surface area contributed by atoms with Gasteiger partial charge in [0.1, 0.15) is 5.82 Å². The van der Waals surface area contributed by atoms with Crippen molar-refractivity contribution in [1.82, 2.24) is 4.98 Å². The number of Topliss-reactive ketones (excluding diaryl/α,β-unsaturated/α-hetero) is 1. The number of aryl methyl sites for hydroxylation is 1. The molecule has 2 heterocycles. The maximum absolute atomic E-state index is 12.0. The maximum Gasteiger partial charge on any atom is 0.172 e. The molecule has 82 valence electrons. The standard InChI is InChI=1S/C12H12N2OS/c1-8-4-5-14-12(13)11(8)10(15)7-9-3-2-6-16-9/h2-6H,7H2,1H3,(H2,13,14). The molecule has 0 aromatic carbocycles. The summed E-state index contributed by atoms with van der Waals surface area (Å²) >= 11 is 1.58. The Hall–Kier alpha value is -1.68. The third-order valence-electron chi connectivity index (χ3n) is 2.38. The smallest absolute Gasteiger partial charge is 0.172 e. The molecule has 16 heavy (non-hydrogen) atoms. The lowest BCUT2D eigenvalue weighted by molar-refractivity contribution is 0.0994. The highest BCUT2D eigenvalue weighted by Gasteiger charge is 2.14. The number of carbonyl (C=O) groups excluding carboxylic acids is 1. The second-order valence-corrected chi connectivity index (χ2v) is 4.60. The topological polar surface area (TPSA) is 56.0 Å². The highest BCUT2D eigenvalue weighted by Crippen LogP contribution is 2.18. The van der Waals surface area contributed by atoms with E-state index in [9.17, 15) is 4.79 Å². The van der Waals surface area contributed by atoms with Crippen LogP contribution in [-0.2, 0) is 6.42 Å². The van der Waals surface area contributed by atoms with E-state index in [2.05, 4.69) is 4.98 Å². The average Bonchev–Trinajstić information content (AvgIpc) is 2.70. The first-order chi connectivity index (χ1) is 7.68. The Morgan fingerprint density at radius 3 is 2.94 bits per heavy atom. The molecule has 0 atom stereocenters. The lowest BCUT2D eigenvalue weighted by Gasteiger charge is -2.06. The number of rotatable bonds is 3. The summed E-state index contributed by atoms with van der Waals surface area (Å²) in [6.45, 7) is 1.87. The second kappa shape index (κ2) is 4.45. The summed E-state index contributed by atoms with van der Waals surface area (Å²) in [5, 5.41) is 1.96. The van der Waals surface area contributed by atoms with E-state index in [1.807, 2.05) is 24.4 Å². The molecule has 0 aliphatic carbocycles. The minimum Gasteiger partial charge on any atom is -0.383 e. The molecule has 0 saturated heterocycles. The van der Waals surface area contributed by atoms with Crippen LogP contribution in [0.2, 0.25) is 0 Å². The van der Waals surface area contributed by atoms with E-state index in [4.69, 9.17) is 5.73 Å². The van der Waals surface area contributed by atoms with Crippen molar-refractivity contribution in [2.45, 2.75) is 13.3 Å². The summed E-state index contributed by atoms with van der Waals surface area (Å²) in [5.74, 6) is 0.354. The summed E-state index contributed by atoms with van der Waals surface area (Å²) in [4.78, 5) is 17.0. The Morgan fingerprint density at radius 2 is 2.31 bits per heavy atom. The van der Waals surface area contributed by atoms with Gasteiger partial charge < -0.3 is 5.73 Å². The molecule has 0 radical (unpaired) electrons. The molecule has 0 aliphatic heterocycles. The van der Waals surface area contributed by atoms with Gasteiger partial charge in [-0.15, -0.1) is 11.3 Å². The van der Waals surface area contributed by atoms with Gasteiger partial charge >= 0.3 is 0 Å². The fraction of sp³-hybridized carbons (Fsp3) is 0.167. The quantitative estimate of drug-likeness (QED) is 0.827. The van der Waals surface area contributed by atoms with Crippen LogP contribution in [0.15, 0.2) is 29.8 Å². The van der Waals surface area contributed by atoms with Crippen LogP contribution in [0.25, 0.3) is 0 Å². The van der Waals surface area contributed by atoms with Crippen LogP contribution < -0.4 is 5.73 Å². The first-order valence-corrected chi connectivity index (χ1v) is 5.83. The lowest BCUT2D eigenvalue weighted by Crippen LogP contribution is -2.09. The van der Waals surface area contributed by atoms with Crippen LogP contribution in [0, 0.1) is 6.92 Å². The molecule has 2 aromatic rings. The number of nitrogens with zero attached hydrogens (tertiary/aromatic N) is 1. The average molecular weight is 232 g/mol.